The molecule has 1 aromatic carbocycles. The van der Waals surface area contributed by atoms with Gasteiger partial charge in [-0.2, -0.15) is 0 Å². The number of ether oxygens (including phenoxy) is 1. The van der Waals surface area contributed by atoms with Crippen molar-refractivity contribution in [1.29, 1.82) is 0 Å². The average Bonchev–Trinajstić information content (AvgIpc) is 2.30. The first-order chi connectivity index (χ1) is 8.72. The summed E-state index contributed by atoms with van der Waals surface area (Å²) >= 11 is 3.24. The SMILES string of the molecule is CCOc1ccc(Br)cc1S(=O)(=O)NC(C)(C)CO. The van der Waals surface area contributed by atoms with Crippen LogP contribution in [0.3, 0.4) is 0 Å². The number of hydrogen-bond donors (Lipinski definition) is 2. The van der Waals surface area contributed by atoms with Crippen LogP contribution in [-0.4, -0.2) is 32.3 Å². The molecule has 0 unspecified atom stereocenters. The fourth-order valence-electron chi connectivity index (χ4n) is 1.42. The Labute approximate surface area is 122 Å². The van der Waals surface area contributed by atoms with Crippen LogP contribution < -0.4 is 9.46 Å². The second-order valence-electron chi connectivity index (χ2n) is 4.67. The number of nitrogens with one attached hydrogen (secondary N) is 1. The minimum Gasteiger partial charge on any atom is -0.492 e. The number of sulfonamides is 1. The van der Waals surface area contributed by atoms with Crippen LogP contribution in [0, 0.1) is 0 Å². The van der Waals surface area contributed by atoms with E-state index in [2.05, 4.69) is 20.7 Å². The van der Waals surface area contributed by atoms with Crippen LogP contribution in [0.1, 0.15) is 20.8 Å². The smallest absolute Gasteiger partial charge is 0.244 e. The Morgan fingerprint density at radius 2 is 2.05 bits per heavy atom. The van der Waals surface area contributed by atoms with Gasteiger partial charge in [0.1, 0.15) is 10.6 Å². The van der Waals surface area contributed by atoms with Crippen LogP contribution in [0.15, 0.2) is 27.6 Å². The topological polar surface area (TPSA) is 75.6 Å². The lowest BCUT2D eigenvalue weighted by Gasteiger charge is -2.24. The minimum atomic E-state index is -3.77. The maximum Gasteiger partial charge on any atom is 0.244 e. The van der Waals surface area contributed by atoms with E-state index in [9.17, 15) is 8.42 Å². The lowest BCUT2D eigenvalue weighted by molar-refractivity contribution is 0.208. The normalized spacial score (nSPS) is 12.5. The van der Waals surface area contributed by atoms with Gasteiger partial charge in [-0.1, -0.05) is 15.9 Å². The molecule has 0 fully saturated rings. The van der Waals surface area contributed by atoms with Gasteiger partial charge in [-0.15, -0.1) is 0 Å². The quantitative estimate of drug-likeness (QED) is 0.820. The third-order valence-corrected chi connectivity index (χ3v) is 4.51. The lowest BCUT2D eigenvalue weighted by Crippen LogP contribution is -2.46. The Kier molecular flexibility index (Phi) is 5.37. The van der Waals surface area contributed by atoms with Gasteiger partial charge in [-0.25, -0.2) is 13.1 Å². The number of halogens is 1. The molecule has 0 saturated heterocycles. The molecule has 0 aliphatic rings. The Hall–Kier alpha value is -0.630. The van der Waals surface area contributed by atoms with Crippen molar-refractivity contribution in [2.24, 2.45) is 0 Å². The van der Waals surface area contributed by atoms with Gasteiger partial charge in [-0.05, 0) is 39.0 Å². The Bertz CT molecular complexity index is 543. The van der Waals surface area contributed by atoms with Crippen LogP contribution in [-0.2, 0) is 10.0 Å². The lowest BCUT2D eigenvalue weighted by atomic mass is 10.1. The van der Waals surface area contributed by atoms with E-state index in [1.807, 2.05) is 0 Å². The van der Waals surface area contributed by atoms with Gasteiger partial charge in [0.2, 0.25) is 10.0 Å². The first-order valence-electron chi connectivity index (χ1n) is 5.79. The molecule has 1 rings (SSSR count). The number of hydrogen-bond acceptors (Lipinski definition) is 4. The van der Waals surface area contributed by atoms with Crippen LogP contribution in [0.4, 0.5) is 0 Å². The van der Waals surface area contributed by atoms with Crippen molar-refractivity contribution < 1.29 is 18.3 Å². The molecule has 0 aliphatic carbocycles. The summed E-state index contributed by atoms with van der Waals surface area (Å²) in [7, 11) is -3.77. The molecule has 108 valence electrons. The Morgan fingerprint density at radius 1 is 1.42 bits per heavy atom. The first-order valence-corrected chi connectivity index (χ1v) is 8.06. The highest BCUT2D eigenvalue weighted by Gasteiger charge is 2.28. The predicted molar refractivity (Wildman–Crippen MR) is 76.8 cm³/mol. The third kappa shape index (κ3) is 4.45. The fraction of sp³-hybridized carbons (Fsp3) is 0.500. The van der Waals surface area contributed by atoms with Crippen molar-refractivity contribution in [3.05, 3.63) is 22.7 Å². The van der Waals surface area contributed by atoms with Gasteiger partial charge in [0.25, 0.3) is 0 Å². The summed E-state index contributed by atoms with van der Waals surface area (Å²) < 4.78 is 33.1. The molecule has 0 amide bonds. The molecule has 0 heterocycles. The molecule has 0 bridgehead atoms. The van der Waals surface area contributed by atoms with Crippen LogP contribution in [0.2, 0.25) is 0 Å². The van der Waals surface area contributed by atoms with Gasteiger partial charge in [-0.3, -0.25) is 0 Å². The molecule has 0 radical (unpaired) electrons. The van der Waals surface area contributed by atoms with Crippen molar-refractivity contribution >= 4 is 26.0 Å². The Balaban J connectivity index is 3.23. The van der Waals surface area contributed by atoms with E-state index in [0.717, 1.165) is 0 Å². The van der Waals surface area contributed by atoms with Crippen LogP contribution in [0.5, 0.6) is 5.75 Å². The standard InChI is InChI=1S/C12H18BrNO4S/c1-4-18-10-6-5-9(13)7-11(10)19(16,17)14-12(2,3)8-15/h5-7,14-15H,4,8H2,1-3H3. The summed E-state index contributed by atoms with van der Waals surface area (Å²) in [6.07, 6.45) is 0. The second kappa shape index (κ2) is 6.21. The molecular weight excluding hydrogens is 334 g/mol. The molecule has 5 nitrogen and oxygen atoms in total. The number of rotatable bonds is 6. The maximum absolute atomic E-state index is 12.3. The predicted octanol–water partition coefficient (Wildman–Crippen LogP) is 1.90. The number of benzene rings is 1. The molecule has 0 aromatic heterocycles. The zero-order chi connectivity index (χ0) is 14.7. The van der Waals surface area contributed by atoms with Crippen LogP contribution in [0.25, 0.3) is 0 Å². The molecule has 0 saturated carbocycles. The van der Waals surface area contributed by atoms with E-state index in [-0.39, 0.29) is 17.3 Å². The summed E-state index contributed by atoms with van der Waals surface area (Å²) in [6, 6.07) is 4.77. The fourth-order valence-corrected chi connectivity index (χ4v) is 3.51. The monoisotopic (exact) mass is 351 g/mol. The maximum atomic E-state index is 12.3. The molecule has 2 N–H and O–H groups in total. The highest BCUT2D eigenvalue weighted by molar-refractivity contribution is 9.10. The third-order valence-electron chi connectivity index (χ3n) is 2.30. The zero-order valence-electron chi connectivity index (χ0n) is 11.1. The molecule has 7 heteroatoms. The molecule has 0 spiro atoms. The molecule has 0 atom stereocenters. The highest BCUT2D eigenvalue weighted by Crippen LogP contribution is 2.28. The summed E-state index contributed by atoms with van der Waals surface area (Å²) in [6.45, 7) is 5.05. The van der Waals surface area contributed by atoms with Crippen molar-refractivity contribution in [3.8, 4) is 5.75 Å². The second-order valence-corrected chi connectivity index (χ2v) is 7.24. The van der Waals surface area contributed by atoms with E-state index in [1.165, 1.54) is 6.07 Å². The first kappa shape index (κ1) is 16.4. The number of aliphatic hydroxyl groups excluding tert-OH is 1. The summed E-state index contributed by atoms with van der Waals surface area (Å²) in [4.78, 5) is 0.0465. The van der Waals surface area contributed by atoms with Gasteiger partial charge >= 0.3 is 0 Å². The van der Waals surface area contributed by atoms with Crippen molar-refractivity contribution in [2.75, 3.05) is 13.2 Å². The van der Waals surface area contributed by atoms with E-state index < -0.39 is 15.6 Å². The van der Waals surface area contributed by atoms with E-state index in [1.54, 1.807) is 32.9 Å². The molecule has 19 heavy (non-hydrogen) atoms. The zero-order valence-corrected chi connectivity index (χ0v) is 13.5. The number of aliphatic hydroxyl groups is 1. The van der Waals surface area contributed by atoms with Gasteiger partial charge in [0, 0.05) is 4.47 Å². The minimum absolute atomic E-state index is 0.0465. The van der Waals surface area contributed by atoms with Crippen LogP contribution >= 0.6 is 15.9 Å². The van der Waals surface area contributed by atoms with Gasteiger partial charge < -0.3 is 9.84 Å². The molecular formula is C12H18BrNO4S. The largest absolute Gasteiger partial charge is 0.492 e. The summed E-state index contributed by atoms with van der Waals surface area (Å²) in [5.41, 5.74) is -0.940. The Morgan fingerprint density at radius 3 is 2.58 bits per heavy atom. The van der Waals surface area contributed by atoms with Gasteiger partial charge in [0.15, 0.2) is 0 Å². The highest BCUT2D eigenvalue weighted by atomic mass is 79.9. The summed E-state index contributed by atoms with van der Waals surface area (Å²) in [5.74, 6) is 0.284. The molecule has 1 aromatic rings. The van der Waals surface area contributed by atoms with Crippen molar-refractivity contribution in [1.82, 2.24) is 4.72 Å². The van der Waals surface area contributed by atoms with Crippen molar-refractivity contribution in [2.45, 2.75) is 31.2 Å². The van der Waals surface area contributed by atoms with E-state index in [0.29, 0.717) is 11.1 Å². The van der Waals surface area contributed by atoms with E-state index in [4.69, 9.17) is 9.84 Å². The molecule has 0 aliphatic heterocycles. The average molecular weight is 352 g/mol. The van der Waals surface area contributed by atoms with Gasteiger partial charge in [0.05, 0.1) is 18.8 Å². The summed E-state index contributed by atoms with van der Waals surface area (Å²) in [5, 5.41) is 9.16. The van der Waals surface area contributed by atoms with Crippen molar-refractivity contribution in [3.63, 3.8) is 0 Å². The van der Waals surface area contributed by atoms with E-state index >= 15 is 0 Å².